The molecule has 6 nitrogen and oxygen atoms in total. The maximum absolute atomic E-state index is 13.0. The standard InChI is InChI=1S/C13H14FN3O3S/c1-20-13-5-2-9(7-16-13)8-17-21(18,19)10-3-4-11(14)12(15)6-10/h2-7,17H,8,15H2,1H3. The van der Waals surface area contributed by atoms with Gasteiger partial charge in [0.25, 0.3) is 0 Å². The van der Waals surface area contributed by atoms with Crippen LogP contribution in [0.1, 0.15) is 5.56 Å². The molecule has 2 rings (SSSR count). The molecule has 0 radical (unpaired) electrons. The van der Waals surface area contributed by atoms with Crippen molar-refractivity contribution in [1.82, 2.24) is 9.71 Å². The van der Waals surface area contributed by atoms with Gasteiger partial charge in [-0.2, -0.15) is 0 Å². The first-order valence-corrected chi connectivity index (χ1v) is 7.44. The molecule has 0 aliphatic carbocycles. The van der Waals surface area contributed by atoms with E-state index in [0.717, 1.165) is 18.2 Å². The number of sulfonamides is 1. The van der Waals surface area contributed by atoms with Crippen molar-refractivity contribution in [1.29, 1.82) is 0 Å². The lowest BCUT2D eigenvalue weighted by Crippen LogP contribution is -2.23. The topological polar surface area (TPSA) is 94.3 Å². The molecule has 0 bridgehead atoms. The zero-order valence-electron chi connectivity index (χ0n) is 11.2. The Kier molecular flexibility index (Phi) is 4.39. The molecule has 0 amide bonds. The second-order valence-corrected chi connectivity index (χ2v) is 5.98. The fourth-order valence-electron chi connectivity index (χ4n) is 1.59. The van der Waals surface area contributed by atoms with E-state index in [1.807, 2.05) is 0 Å². The van der Waals surface area contributed by atoms with Crippen molar-refractivity contribution in [3.63, 3.8) is 0 Å². The lowest BCUT2D eigenvalue weighted by molar-refractivity contribution is 0.397. The molecule has 1 heterocycles. The van der Waals surface area contributed by atoms with Gasteiger partial charge in [-0.3, -0.25) is 0 Å². The highest BCUT2D eigenvalue weighted by atomic mass is 32.2. The van der Waals surface area contributed by atoms with E-state index in [-0.39, 0.29) is 17.1 Å². The first-order valence-electron chi connectivity index (χ1n) is 5.96. The van der Waals surface area contributed by atoms with Crippen LogP contribution in [0, 0.1) is 5.82 Å². The molecule has 21 heavy (non-hydrogen) atoms. The molecular formula is C13H14FN3O3S. The SMILES string of the molecule is COc1ccc(CNS(=O)(=O)c2ccc(F)c(N)c2)cn1. The van der Waals surface area contributed by atoms with Gasteiger partial charge in [0.05, 0.1) is 17.7 Å². The fourth-order valence-corrected chi connectivity index (χ4v) is 2.64. The first kappa shape index (κ1) is 15.2. The minimum Gasteiger partial charge on any atom is -0.481 e. The third kappa shape index (κ3) is 3.67. The molecule has 1 aromatic carbocycles. The third-order valence-electron chi connectivity index (χ3n) is 2.75. The second kappa shape index (κ2) is 6.06. The molecule has 0 saturated heterocycles. The maximum Gasteiger partial charge on any atom is 0.240 e. The van der Waals surface area contributed by atoms with Gasteiger partial charge in [-0.1, -0.05) is 6.07 Å². The van der Waals surface area contributed by atoms with Crippen LogP contribution in [0.3, 0.4) is 0 Å². The van der Waals surface area contributed by atoms with Crippen molar-refractivity contribution in [3.8, 4) is 5.88 Å². The van der Waals surface area contributed by atoms with Crippen LogP contribution in [0.2, 0.25) is 0 Å². The Labute approximate surface area is 121 Å². The Bertz CT molecular complexity index is 733. The average Bonchev–Trinajstić information content (AvgIpc) is 2.48. The summed E-state index contributed by atoms with van der Waals surface area (Å²) in [6, 6.07) is 6.55. The van der Waals surface area contributed by atoms with E-state index >= 15 is 0 Å². The quantitative estimate of drug-likeness (QED) is 0.811. The number of nitrogens with two attached hydrogens (primary N) is 1. The van der Waals surface area contributed by atoms with Crippen LogP contribution in [-0.2, 0) is 16.6 Å². The molecule has 0 saturated carbocycles. The first-order chi connectivity index (χ1) is 9.92. The number of anilines is 1. The van der Waals surface area contributed by atoms with E-state index in [1.54, 1.807) is 12.1 Å². The molecule has 0 atom stereocenters. The van der Waals surface area contributed by atoms with Crippen molar-refractivity contribution in [2.24, 2.45) is 0 Å². The number of halogens is 1. The van der Waals surface area contributed by atoms with Gasteiger partial charge in [-0.25, -0.2) is 22.5 Å². The molecule has 0 aliphatic heterocycles. The van der Waals surface area contributed by atoms with E-state index in [9.17, 15) is 12.8 Å². The van der Waals surface area contributed by atoms with Gasteiger partial charge in [-0.05, 0) is 23.8 Å². The van der Waals surface area contributed by atoms with Crippen LogP contribution in [-0.4, -0.2) is 20.5 Å². The summed E-state index contributed by atoms with van der Waals surface area (Å²) in [6.45, 7) is 0.0522. The Balaban J connectivity index is 2.11. The van der Waals surface area contributed by atoms with Gasteiger partial charge in [-0.15, -0.1) is 0 Å². The van der Waals surface area contributed by atoms with E-state index in [0.29, 0.717) is 11.4 Å². The maximum atomic E-state index is 13.0. The number of nitrogens with zero attached hydrogens (tertiary/aromatic N) is 1. The van der Waals surface area contributed by atoms with Crippen molar-refractivity contribution < 1.29 is 17.5 Å². The predicted octanol–water partition coefficient (Wildman–Crippen LogP) is 1.29. The van der Waals surface area contributed by atoms with Crippen molar-refractivity contribution in [2.75, 3.05) is 12.8 Å². The Morgan fingerprint density at radius 2 is 2.10 bits per heavy atom. The van der Waals surface area contributed by atoms with Crippen molar-refractivity contribution in [2.45, 2.75) is 11.4 Å². The zero-order valence-corrected chi connectivity index (χ0v) is 12.0. The summed E-state index contributed by atoms with van der Waals surface area (Å²) < 4.78 is 44.5. The lowest BCUT2D eigenvalue weighted by Gasteiger charge is -2.08. The van der Waals surface area contributed by atoms with Crippen LogP contribution in [0.25, 0.3) is 0 Å². The number of nitrogen functional groups attached to an aromatic ring is 1. The molecular weight excluding hydrogens is 297 g/mol. The highest BCUT2D eigenvalue weighted by Gasteiger charge is 2.15. The van der Waals surface area contributed by atoms with Crippen LogP contribution in [0.15, 0.2) is 41.4 Å². The molecule has 0 spiro atoms. The monoisotopic (exact) mass is 311 g/mol. The summed E-state index contributed by atoms with van der Waals surface area (Å²) in [7, 11) is -2.28. The number of methoxy groups -OCH3 is 1. The Hall–Kier alpha value is -2.19. The number of nitrogens with one attached hydrogen (secondary N) is 1. The van der Waals surface area contributed by atoms with E-state index in [4.69, 9.17) is 10.5 Å². The van der Waals surface area contributed by atoms with Crippen LogP contribution in [0.5, 0.6) is 5.88 Å². The van der Waals surface area contributed by atoms with E-state index < -0.39 is 15.8 Å². The summed E-state index contributed by atoms with van der Waals surface area (Å²) in [6.07, 6.45) is 1.50. The third-order valence-corrected chi connectivity index (χ3v) is 4.15. The molecule has 3 N–H and O–H groups in total. The molecule has 112 valence electrons. The van der Waals surface area contributed by atoms with Crippen LogP contribution in [0.4, 0.5) is 10.1 Å². The summed E-state index contributed by atoms with van der Waals surface area (Å²) in [4.78, 5) is 3.88. The van der Waals surface area contributed by atoms with Crippen molar-refractivity contribution >= 4 is 15.7 Å². The normalized spacial score (nSPS) is 11.3. The Morgan fingerprint density at radius 1 is 1.33 bits per heavy atom. The summed E-state index contributed by atoms with van der Waals surface area (Å²) in [5.41, 5.74) is 5.81. The molecule has 1 aromatic heterocycles. The minimum absolute atomic E-state index is 0.0522. The summed E-state index contributed by atoms with van der Waals surface area (Å²) in [5.74, 6) is -0.221. The molecule has 0 aliphatic rings. The van der Waals surface area contributed by atoms with Crippen molar-refractivity contribution in [3.05, 3.63) is 47.9 Å². The molecule has 2 aromatic rings. The van der Waals surface area contributed by atoms with Gasteiger partial charge in [0.2, 0.25) is 15.9 Å². The second-order valence-electron chi connectivity index (χ2n) is 4.22. The number of benzene rings is 1. The minimum atomic E-state index is -3.77. The number of pyridine rings is 1. The number of hydrogen-bond donors (Lipinski definition) is 2. The number of aromatic nitrogens is 1. The summed E-state index contributed by atoms with van der Waals surface area (Å²) in [5, 5.41) is 0. The zero-order chi connectivity index (χ0) is 15.5. The van der Waals surface area contributed by atoms with Crippen LogP contribution >= 0.6 is 0 Å². The van der Waals surface area contributed by atoms with Gasteiger partial charge in [0.1, 0.15) is 5.82 Å². The number of hydrogen-bond acceptors (Lipinski definition) is 5. The molecule has 0 unspecified atom stereocenters. The molecule has 8 heteroatoms. The highest BCUT2D eigenvalue weighted by molar-refractivity contribution is 7.89. The van der Waals surface area contributed by atoms with Crippen LogP contribution < -0.4 is 15.2 Å². The largest absolute Gasteiger partial charge is 0.481 e. The number of ether oxygens (including phenoxy) is 1. The summed E-state index contributed by atoms with van der Waals surface area (Å²) >= 11 is 0. The fraction of sp³-hybridized carbons (Fsp3) is 0.154. The predicted molar refractivity (Wildman–Crippen MR) is 75.6 cm³/mol. The average molecular weight is 311 g/mol. The van der Waals surface area contributed by atoms with Gasteiger partial charge in [0.15, 0.2) is 0 Å². The Morgan fingerprint density at radius 3 is 2.67 bits per heavy atom. The van der Waals surface area contributed by atoms with E-state index in [2.05, 4.69) is 9.71 Å². The number of rotatable bonds is 5. The molecule has 0 fully saturated rings. The van der Waals surface area contributed by atoms with Gasteiger partial charge < -0.3 is 10.5 Å². The van der Waals surface area contributed by atoms with Gasteiger partial charge >= 0.3 is 0 Å². The lowest BCUT2D eigenvalue weighted by atomic mass is 10.3. The van der Waals surface area contributed by atoms with E-state index in [1.165, 1.54) is 13.3 Å². The van der Waals surface area contributed by atoms with Gasteiger partial charge in [0, 0.05) is 18.8 Å². The highest BCUT2D eigenvalue weighted by Crippen LogP contribution is 2.17. The smallest absolute Gasteiger partial charge is 0.240 e.